The number of fused-ring (bicyclic) bond motifs is 1. The van der Waals surface area contributed by atoms with Crippen LogP contribution in [0.15, 0.2) is 18.5 Å². The predicted octanol–water partition coefficient (Wildman–Crippen LogP) is 0.597. The SMILES string of the molecule is O=C(Nc1nnc2ncccn12)C(F)Cl. The molecule has 0 bridgehead atoms. The molecule has 2 heterocycles. The van der Waals surface area contributed by atoms with Gasteiger partial charge in [-0.1, -0.05) is 11.6 Å². The lowest BCUT2D eigenvalue weighted by molar-refractivity contribution is -0.118. The zero-order chi connectivity index (χ0) is 10.8. The van der Waals surface area contributed by atoms with Crippen LogP contribution in [-0.2, 0) is 4.79 Å². The van der Waals surface area contributed by atoms with Gasteiger partial charge in [0.05, 0.1) is 0 Å². The average molecular weight is 230 g/mol. The summed E-state index contributed by atoms with van der Waals surface area (Å²) in [4.78, 5) is 14.8. The number of anilines is 1. The Morgan fingerprint density at radius 2 is 2.40 bits per heavy atom. The van der Waals surface area contributed by atoms with E-state index in [4.69, 9.17) is 11.6 Å². The van der Waals surface area contributed by atoms with E-state index >= 15 is 0 Å². The van der Waals surface area contributed by atoms with Gasteiger partial charge >= 0.3 is 0 Å². The van der Waals surface area contributed by atoms with Crippen molar-refractivity contribution in [2.45, 2.75) is 5.63 Å². The molecule has 78 valence electrons. The molecule has 1 unspecified atom stereocenters. The molecular weight excluding hydrogens is 225 g/mol. The largest absolute Gasteiger partial charge is 0.291 e. The number of amides is 1. The molecule has 1 amide bonds. The van der Waals surface area contributed by atoms with Gasteiger partial charge in [0.1, 0.15) is 0 Å². The van der Waals surface area contributed by atoms with Crippen LogP contribution in [0, 0.1) is 0 Å². The summed E-state index contributed by atoms with van der Waals surface area (Å²) >= 11 is 4.94. The van der Waals surface area contributed by atoms with Crippen molar-refractivity contribution in [1.29, 1.82) is 0 Å². The molecule has 2 aromatic rings. The van der Waals surface area contributed by atoms with Crippen LogP contribution in [-0.4, -0.2) is 31.1 Å². The molecule has 0 aromatic carbocycles. The molecule has 2 aromatic heterocycles. The maximum atomic E-state index is 12.4. The number of nitrogens with one attached hydrogen (secondary N) is 1. The number of halogens is 2. The maximum Gasteiger partial charge on any atom is 0.276 e. The summed E-state index contributed by atoms with van der Waals surface area (Å²) in [7, 11) is 0. The Hall–Kier alpha value is -1.76. The van der Waals surface area contributed by atoms with E-state index in [9.17, 15) is 9.18 Å². The van der Waals surface area contributed by atoms with E-state index in [2.05, 4.69) is 20.5 Å². The zero-order valence-corrected chi connectivity index (χ0v) is 8.02. The molecule has 2 rings (SSSR count). The molecular formula is C7H5ClFN5O. The summed E-state index contributed by atoms with van der Waals surface area (Å²) in [6.45, 7) is 0. The molecule has 1 N–H and O–H groups in total. The lowest BCUT2D eigenvalue weighted by atomic mass is 10.6. The number of hydrogen-bond donors (Lipinski definition) is 1. The Balaban J connectivity index is 2.33. The van der Waals surface area contributed by atoms with Gasteiger partial charge in [-0.15, -0.1) is 10.2 Å². The number of aromatic nitrogens is 4. The minimum Gasteiger partial charge on any atom is -0.291 e. The van der Waals surface area contributed by atoms with Gasteiger partial charge in [0.2, 0.25) is 5.95 Å². The highest BCUT2D eigenvalue weighted by Gasteiger charge is 2.16. The number of alkyl halides is 2. The van der Waals surface area contributed by atoms with Crippen molar-refractivity contribution >= 4 is 29.2 Å². The van der Waals surface area contributed by atoms with Crippen molar-refractivity contribution < 1.29 is 9.18 Å². The Morgan fingerprint density at radius 1 is 1.60 bits per heavy atom. The van der Waals surface area contributed by atoms with Crippen LogP contribution in [0.1, 0.15) is 0 Å². The Labute approximate surface area is 88.1 Å². The third kappa shape index (κ3) is 1.86. The fraction of sp³-hybridized carbons (Fsp3) is 0.143. The Morgan fingerprint density at radius 3 is 3.13 bits per heavy atom. The van der Waals surface area contributed by atoms with Crippen molar-refractivity contribution in [3.8, 4) is 0 Å². The fourth-order valence-corrected chi connectivity index (χ4v) is 1.05. The van der Waals surface area contributed by atoms with Crippen LogP contribution < -0.4 is 5.32 Å². The summed E-state index contributed by atoms with van der Waals surface area (Å²) in [6.07, 6.45) is 3.11. The molecule has 8 heteroatoms. The summed E-state index contributed by atoms with van der Waals surface area (Å²) in [5, 5.41) is 9.43. The van der Waals surface area contributed by atoms with E-state index < -0.39 is 11.5 Å². The van der Waals surface area contributed by atoms with Crippen LogP contribution in [0.5, 0.6) is 0 Å². The van der Waals surface area contributed by atoms with Gasteiger partial charge in [0.15, 0.2) is 0 Å². The molecule has 0 aliphatic rings. The molecule has 1 atom stereocenters. The Kier molecular flexibility index (Phi) is 2.46. The minimum atomic E-state index is -2.12. The molecule has 0 fully saturated rings. The smallest absolute Gasteiger partial charge is 0.276 e. The van der Waals surface area contributed by atoms with Crippen molar-refractivity contribution in [3.63, 3.8) is 0 Å². The lowest BCUT2D eigenvalue weighted by Crippen LogP contribution is -2.20. The average Bonchev–Trinajstić information content (AvgIpc) is 2.62. The van der Waals surface area contributed by atoms with Crippen molar-refractivity contribution in [1.82, 2.24) is 19.6 Å². The molecule has 0 aliphatic carbocycles. The minimum absolute atomic E-state index is 0.0754. The van der Waals surface area contributed by atoms with Crippen LogP contribution in [0.3, 0.4) is 0 Å². The molecule has 0 spiro atoms. The highest BCUT2D eigenvalue weighted by molar-refractivity contribution is 6.31. The fourth-order valence-electron chi connectivity index (χ4n) is 0.993. The molecule has 0 saturated heterocycles. The molecule has 0 aliphatic heterocycles. The molecule has 6 nitrogen and oxygen atoms in total. The second-order valence-corrected chi connectivity index (χ2v) is 2.99. The standard InChI is InChI=1S/C7H5ClFN5O/c8-4(9)5(15)11-7-13-12-6-10-2-1-3-14(6)7/h1-4H,(H,11,13,15). The van der Waals surface area contributed by atoms with Gasteiger partial charge in [-0.2, -0.15) is 0 Å². The number of carbonyl (C=O) groups excluding carboxylic acids is 1. The van der Waals surface area contributed by atoms with Crippen LogP contribution in [0.2, 0.25) is 0 Å². The van der Waals surface area contributed by atoms with Gasteiger partial charge in [-0.05, 0) is 6.07 Å². The second kappa shape index (κ2) is 3.77. The summed E-state index contributed by atoms with van der Waals surface area (Å²) in [6, 6.07) is 1.62. The van der Waals surface area contributed by atoms with E-state index in [0.717, 1.165) is 0 Å². The first-order valence-electron chi connectivity index (χ1n) is 3.93. The first-order valence-corrected chi connectivity index (χ1v) is 4.37. The van der Waals surface area contributed by atoms with Crippen molar-refractivity contribution in [2.24, 2.45) is 0 Å². The van der Waals surface area contributed by atoms with Crippen LogP contribution in [0.25, 0.3) is 5.78 Å². The normalized spacial score (nSPS) is 12.7. The van der Waals surface area contributed by atoms with E-state index in [-0.39, 0.29) is 5.95 Å². The van der Waals surface area contributed by atoms with Crippen molar-refractivity contribution in [3.05, 3.63) is 18.5 Å². The van der Waals surface area contributed by atoms with Crippen LogP contribution in [0.4, 0.5) is 10.3 Å². The highest BCUT2D eigenvalue weighted by atomic mass is 35.5. The third-order valence-electron chi connectivity index (χ3n) is 1.62. The monoisotopic (exact) mass is 229 g/mol. The van der Waals surface area contributed by atoms with E-state index in [1.807, 2.05) is 0 Å². The van der Waals surface area contributed by atoms with Gasteiger partial charge < -0.3 is 0 Å². The van der Waals surface area contributed by atoms with E-state index in [1.54, 1.807) is 12.3 Å². The summed E-state index contributed by atoms with van der Waals surface area (Å²) in [5.41, 5.74) is -2.12. The first-order chi connectivity index (χ1) is 7.18. The highest BCUT2D eigenvalue weighted by Crippen LogP contribution is 2.07. The Bertz CT molecular complexity index is 499. The van der Waals surface area contributed by atoms with Gasteiger partial charge in [-0.3, -0.25) is 14.5 Å². The topological polar surface area (TPSA) is 72.2 Å². The van der Waals surface area contributed by atoms with Gasteiger partial charge in [0.25, 0.3) is 17.3 Å². The number of carbonyl (C=O) groups is 1. The lowest BCUT2D eigenvalue weighted by Gasteiger charge is -2.01. The number of hydrogen-bond acceptors (Lipinski definition) is 4. The van der Waals surface area contributed by atoms with Gasteiger partial charge in [-0.25, -0.2) is 9.37 Å². The van der Waals surface area contributed by atoms with E-state index in [0.29, 0.717) is 5.78 Å². The number of nitrogens with zero attached hydrogens (tertiary/aromatic N) is 4. The molecule has 0 saturated carbocycles. The maximum absolute atomic E-state index is 12.4. The number of rotatable bonds is 2. The summed E-state index contributed by atoms with van der Waals surface area (Å²) in [5.74, 6) is -0.612. The van der Waals surface area contributed by atoms with Crippen molar-refractivity contribution in [2.75, 3.05) is 5.32 Å². The predicted molar refractivity (Wildman–Crippen MR) is 50.2 cm³/mol. The second-order valence-electron chi connectivity index (χ2n) is 2.60. The molecule has 0 radical (unpaired) electrons. The zero-order valence-electron chi connectivity index (χ0n) is 7.26. The van der Waals surface area contributed by atoms with Gasteiger partial charge in [0, 0.05) is 12.4 Å². The first kappa shape index (κ1) is 9.78. The third-order valence-corrected chi connectivity index (χ3v) is 1.82. The quantitative estimate of drug-likeness (QED) is 0.766. The van der Waals surface area contributed by atoms with Crippen LogP contribution >= 0.6 is 11.6 Å². The van der Waals surface area contributed by atoms with E-state index in [1.165, 1.54) is 10.6 Å². The summed E-state index contributed by atoms with van der Waals surface area (Å²) < 4.78 is 13.8. The molecule has 15 heavy (non-hydrogen) atoms.